The smallest absolute Gasteiger partial charge is 0.416 e. The van der Waals surface area contributed by atoms with Crippen LogP contribution in [0, 0.1) is 0 Å². The Labute approximate surface area is 220 Å². The van der Waals surface area contributed by atoms with Crippen LogP contribution < -0.4 is 4.74 Å². The number of H-pyrrole nitrogens is 1. The lowest BCUT2D eigenvalue weighted by Crippen LogP contribution is -2.45. The SMILES string of the molecule is CCN1CCN(Cc2ccc(CC(=O)N3CCc4ccc(Oc5cn[nH]c5)cc4C3)cc2C(F)(F)F)CC1. The van der Waals surface area contributed by atoms with E-state index in [4.69, 9.17) is 4.74 Å². The molecule has 7 nitrogen and oxygen atoms in total. The number of halogens is 3. The number of benzene rings is 2. The van der Waals surface area contributed by atoms with Crippen LogP contribution in [0.4, 0.5) is 13.2 Å². The highest BCUT2D eigenvalue weighted by Crippen LogP contribution is 2.34. The largest absolute Gasteiger partial charge is 0.454 e. The molecule has 2 aromatic carbocycles. The summed E-state index contributed by atoms with van der Waals surface area (Å²) in [6.45, 7) is 7.44. The number of rotatable bonds is 7. The van der Waals surface area contributed by atoms with Crippen LogP contribution in [0.5, 0.6) is 11.5 Å². The Balaban J connectivity index is 1.25. The van der Waals surface area contributed by atoms with Gasteiger partial charge in [-0.15, -0.1) is 0 Å². The Morgan fingerprint density at radius 3 is 2.50 bits per heavy atom. The number of nitrogens with one attached hydrogen (secondary N) is 1. The number of hydrogen-bond acceptors (Lipinski definition) is 5. The van der Waals surface area contributed by atoms with Crippen molar-refractivity contribution >= 4 is 5.91 Å². The third kappa shape index (κ3) is 6.19. The van der Waals surface area contributed by atoms with Crippen molar-refractivity contribution in [1.29, 1.82) is 0 Å². The molecule has 0 spiro atoms. The van der Waals surface area contributed by atoms with E-state index in [-0.39, 0.29) is 24.4 Å². The van der Waals surface area contributed by atoms with Gasteiger partial charge in [-0.1, -0.05) is 25.1 Å². The van der Waals surface area contributed by atoms with Crippen LogP contribution >= 0.6 is 0 Å². The summed E-state index contributed by atoms with van der Waals surface area (Å²) in [6, 6.07) is 10.1. The first-order chi connectivity index (χ1) is 18.3. The van der Waals surface area contributed by atoms with Crippen molar-refractivity contribution in [1.82, 2.24) is 24.9 Å². The number of nitrogens with zero attached hydrogens (tertiary/aromatic N) is 4. The second kappa shape index (κ2) is 11.2. The number of carbonyl (C=O) groups excluding carboxylic acids is 1. The molecule has 0 radical (unpaired) electrons. The number of ether oxygens (including phenoxy) is 1. The zero-order valence-corrected chi connectivity index (χ0v) is 21.4. The van der Waals surface area contributed by atoms with Crippen molar-refractivity contribution in [3.63, 3.8) is 0 Å². The van der Waals surface area contributed by atoms with Gasteiger partial charge in [-0.05, 0) is 53.4 Å². The zero-order chi connectivity index (χ0) is 26.7. The van der Waals surface area contributed by atoms with Gasteiger partial charge in [0, 0.05) is 45.8 Å². The Bertz CT molecular complexity index is 1250. The third-order valence-corrected chi connectivity index (χ3v) is 7.39. The topological polar surface area (TPSA) is 64.7 Å². The van der Waals surface area contributed by atoms with Crippen molar-refractivity contribution in [3.05, 3.63) is 76.6 Å². The maximum Gasteiger partial charge on any atom is 0.416 e. The van der Waals surface area contributed by atoms with Crippen LogP contribution in [0.3, 0.4) is 0 Å². The van der Waals surface area contributed by atoms with Gasteiger partial charge in [0.15, 0.2) is 5.75 Å². The summed E-state index contributed by atoms with van der Waals surface area (Å²) >= 11 is 0. The minimum absolute atomic E-state index is 0.0704. The van der Waals surface area contributed by atoms with Crippen molar-refractivity contribution in [2.75, 3.05) is 39.3 Å². The molecule has 2 aliphatic heterocycles. The Kier molecular flexibility index (Phi) is 7.71. The summed E-state index contributed by atoms with van der Waals surface area (Å²) in [6.07, 6.45) is -0.649. The van der Waals surface area contributed by atoms with Gasteiger partial charge in [-0.3, -0.25) is 14.8 Å². The van der Waals surface area contributed by atoms with Crippen LogP contribution in [-0.2, 0) is 36.9 Å². The molecule has 3 aromatic rings. The molecule has 1 amide bonds. The third-order valence-electron chi connectivity index (χ3n) is 7.39. The molecule has 202 valence electrons. The summed E-state index contributed by atoms with van der Waals surface area (Å²) < 4.78 is 47.8. The van der Waals surface area contributed by atoms with Gasteiger partial charge in [0.25, 0.3) is 0 Å². The average Bonchev–Trinajstić information content (AvgIpc) is 3.42. The Morgan fingerprint density at radius 1 is 1.00 bits per heavy atom. The molecular weight excluding hydrogens is 495 g/mol. The van der Waals surface area contributed by atoms with E-state index in [9.17, 15) is 18.0 Å². The lowest BCUT2D eigenvalue weighted by atomic mass is 9.97. The van der Waals surface area contributed by atoms with E-state index in [2.05, 4.69) is 26.9 Å². The number of alkyl halides is 3. The molecule has 1 aromatic heterocycles. The fourth-order valence-corrected chi connectivity index (χ4v) is 5.17. The minimum atomic E-state index is -4.48. The van der Waals surface area contributed by atoms with Gasteiger partial charge in [-0.25, -0.2) is 0 Å². The van der Waals surface area contributed by atoms with Crippen molar-refractivity contribution in [2.45, 2.75) is 39.0 Å². The molecule has 2 aliphatic rings. The van der Waals surface area contributed by atoms with Crippen LogP contribution in [-0.4, -0.2) is 70.1 Å². The molecule has 1 saturated heterocycles. The van der Waals surface area contributed by atoms with Gasteiger partial charge >= 0.3 is 6.18 Å². The van der Waals surface area contributed by atoms with Crippen LogP contribution in [0.1, 0.15) is 34.7 Å². The summed E-state index contributed by atoms with van der Waals surface area (Å²) in [7, 11) is 0. The number of amides is 1. The zero-order valence-electron chi connectivity index (χ0n) is 21.4. The Morgan fingerprint density at radius 2 is 1.79 bits per heavy atom. The number of aromatic amines is 1. The average molecular weight is 528 g/mol. The van der Waals surface area contributed by atoms with Crippen molar-refractivity contribution in [3.8, 4) is 11.5 Å². The molecule has 0 saturated carbocycles. The van der Waals surface area contributed by atoms with E-state index in [0.717, 1.165) is 49.9 Å². The number of hydrogen-bond donors (Lipinski definition) is 1. The minimum Gasteiger partial charge on any atom is -0.454 e. The summed E-state index contributed by atoms with van der Waals surface area (Å²) in [5.41, 5.74) is 2.10. The predicted molar refractivity (Wildman–Crippen MR) is 137 cm³/mol. The highest BCUT2D eigenvalue weighted by atomic mass is 19.4. The molecule has 0 atom stereocenters. The van der Waals surface area contributed by atoms with Gasteiger partial charge in [0.1, 0.15) is 5.75 Å². The normalized spacial score (nSPS) is 16.9. The lowest BCUT2D eigenvalue weighted by molar-refractivity contribution is -0.138. The van der Waals surface area contributed by atoms with Gasteiger partial charge in [0.05, 0.1) is 24.4 Å². The van der Waals surface area contributed by atoms with Crippen LogP contribution in [0.2, 0.25) is 0 Å². The van der Waals surface area contributed by atoms with E-state index in [1.807, 2.05) is 18.2 Å². The van der Waals surface area contributed by atoms with Gasteiger partial charge in [-0.2, -0.15) is 18.3 Å². The maximum atomic E-state index is 14.0. The van der Waals surface area contributed by atoms with Gasteiger partial charge in [0.2, 0.25) is 5.91 Å². The molecule has 0 bridgehead atoms. The first-order valence-electron chi connectivity index (χ1n) is 13.0. The Hall–Kier alpha value is -3.37. The molecule has 5 rings (SSSR count). The van der Waals surface area contributed by atoms with E-state index in [0.29, 0.717) is 36.6 Å². The van der Waals surface area contributed by atoms with E-state index in [1.54, 1.807) is 29.4 Å². The number of likely N-dealkylation sites (N-methyl/N-ethyl adjacent to an activating group) is 1. The fraction of sp³-hybridized carbons (Fsp3) is 0.429. The van der Waals surface area contributed by atoms with Crippen molar-refractivity contribution < 1.29 is 22.7 Å². The summed E-state index contributed by atoms with van der Waals surface area (Å²) in [4.78, 5) is 19.2. The molecule has 0 aliphatic carbocycles. The number of carbonyl (C=O) groups is 1. The molecule has 10 heteroatoms. The summed E-state index contributed by atoms with van der Waals surface area (Å²) in [5.74, 6) is 1.04. The molecule has 1 N–H and O–H groups in total. The van der Waals surface area contributed by atoms with Gasteiger partial charge < -0.3 is 14.5 Å². The van der Waals surface area contributed by atoms with Crippen molar-refractivity contribution in [2.24, 2.45) is 0 Å². The molecule has 0 unspecified atom stereocenters. The number of fused-ring (bicyclic) bond motifs is 1. The van der Waals surface area contributed by atoms with E-state index < -0.39 is 11.7 Å². The predicted octanol–water partition coefficient (Wildman–Crippen LogP) is 4.49. The monoisotopic (exact) mass is 527 g/mol. The first-order valence-corrected chi connectivity index (χ1v) is 13.0. The molecular formula is C28H32F3N5O2. The fourth-order valence-electron chi connectivity index (χ4n) is 5.17. The quantitative estimate of drug-likeness (QED) is 0.491. The highest BCUT2D eigenvalue weighted by Gasteiger charge is 2.34. The van der Waals surface area contributed by atoms with Crippen LogP contribution in [0.25, 0.3) is 0 Å². The van der Waals surface area contributed by atoms with Crippen LogP contribution in [0.15, 0.2) is 48.8 Å². The molecule has 38 heavy (non-hydrogen) atoms. The maximum absolute atomic E-state index is 14.0. The second-order valence-corrected chi connectivity index (χ2v) is 9.91. The number of piperazine rings is 1. The summed E-state index contributed by atoms with van der Waals surface area (Å²) in [5, 5.41) is 6.56. The molecule has 3 heterocycles. The van der Waals surface area contributed by atoms with E-state index >= 15 is 0 Å². The standard InChI is InChI=1S/C28H32F3N5O2/c1-2-34-9-11-35(12-10-34)18-22-4-3-20(13-26(22)28(29,30)31)14-27(37)36-8-7-21-5-6-24(15-23(21)19-36)38-25-16-32-33-17-25/h3-6,13,15-17H,2,7-12,14,18-19H2,1H3,(H,32,33). The van der Waals surface area contributed by atoms with E-state index in [1.165, 1.54) is 0 Å². The number of aromatic nitrogens is 2. The lowest BCUT2D eigenvalue weighted by Gasteiger charge is -2.34. The first kappa shape index (κ1) is 26.2. The molecule has 1 fully saturated rings. The highest BCUT2D eigenvalue weighted by molar-refractivity contribution is 5.79. The second-order valence-electron chi connectivity index (χ2n) is 9.91.